The van der Waals surface area contributed by atoms with Crippen LogP contribution in [0, 0.1) is 5.92 Å². The van der Waals surface area contributed by atoms with Crippen molar-refractivity contribution in [3.8, 4) is 0 Å². The molecule has 0 rings (SSSR count). The quantitative estimate of drug-likeness (QED) is 0.240. The highest BCUT2D eigenvalue weighted by molar-refractivity contribution is 5.92. The molecular formula is C8H14N2O7. The molecule has 2 unspecified atom stereocenters. The lowest BCUT2D eigenvalue weighted by Gasteiger charge is -2.29. The summed E-state index contributed by atoms with van der Waals surface area (Å²) in [6.45, 7) is 1.39. The summed E-state index contributed by atoms with van der Waals surface area (Å²) in [6.07, 6.45) is -1.15. The molecule has 0 saturated heterocycles. The van der Waals surface area contributed by atoms with E-state index in [1.807, 2.05) is 0 Å². The first kappa shape index (κ1) is 15.3. The number of amides is 2. The van der Waals surface area contributed by atoms with Crippen LogP contribution in [-0.2, 0) is 14.4 Å². The molecule has 0 aliphatic rings. The molecule has 0 aliphatic heterocycles. The van der Waals surface area contributed by atoms with Crippen LogP contribution in [0.25, 0.3) is 0 Å². The summed E-state index contributed by atoms with van der Waals surface area (Å²) in [5.41, 5.74) is -0.348. The summed E-state index contributed by atoms with van der Waals surface area (Å²) >= 11 is 0. The predicted octanol–water partition coefficient (Wildman–Crippen LogP) is -1.77. The number of hydroxylamine groups is 2. The fraction of sp³-hybridized carbons (Fsp3) is 0.625. The third-order valence-electron chi connectivity index (χ3n) is 2.34. The van der Waals surface area contributed by atoms with Crippen molar-refractivity contribution in [1.82, 2.24) is 11.0 Å². The van der Waals surface area contributed by atoms with Crippen molar-refractivity contribution in [2.75, 3.05) is 0 Å². The van der Waals surface area contributed by atoms with Crippen molar-refractivity contribution >= 4 is 17.8 Å². The van der Waals surface area contributed by atoms with Gasteiger partial charge in [-0.25, -0.2) is 15.8 Å². The average Bonchev–Trinajstić information content (AvgIpc) is 2.28. The van der Waals surface area contributed by atoms with Crippen LogP contribution in [0.2, 0.25) is 0 Å². The number of carbonyl (C=O) groups is 3. The third kappa shape index (κ3) is 3.37. The van der Waals surface area contributed by atoms with Gasteiger partial charge in [0, 0.05) is 0 Å². The zero-order chi connectivity index (χ0) is 13.6. The lowest BCUT2D eigenvalue weighted by atomic mass is 9.82. The van der Waals surface area contributed by atoms with Gasteiger partial charge in [0.25, 0.3) is 0 Å². The van der Waals surface area contributed by atoms with Crippen molar-refractivity contribution in [3.05, 3.63) is 0 Å². The molecule has 0 aromatic rings. The molecule has 0 fully saturated rings. The lowest BCUT2D eigenvalue weighted by molar-refractivity contribution is -0.174. The number of aliphatic carboxylic acids is 1. The van der Waals surface area contributed by atoms with Crippen molar-refractivity contribution in [1.29, 1.82) is 0 Å². The Balaban J connectivity index is 5.22. The van der Waals surface area contributed by atoms with Gasteiger partial charge in [-0.15, -0.1) is 0 Å². The highest BCUT2D eigenvalue weighted by Gasteiger charge is 2.48. The van der Waals surface area contributed by atoms with E-state index < -0.39 is 35.7 Å². The summed E-state index contributed by atoms with van der Waals surface area (Å²) in [4.78, 5) is 33.0. The van der Waals surface area contributed by atoms with Crippen LogP contribution in [-0.4, -0.2) is 44.0 Å². The summed E-state index contributed by atoms with van der Waals surface area (Å²) in [6, 6.07) is 0. The Hall–Kier alpha value is -1.71. The molecule has 0 radical (unpaired) electrons. The van der Waals surface area contributed by atoms with E-state index in [1.54, 1.807) is 0 Å². The molecule has 9 heteroatoms. The minimum Gasteiger partial charge on any atom is -0.479 e. The van der Waals surface area contributed by atoms with Gasteiger partial charge in [0.05, 0.1) is 12.3 Å². The summed E-state index contributed by atoms with van der Waals surface area (Å²) in [7, 11) is 0. The number of rotatable bonds is 6. The Kier molecular flexibility index (Phi) is 5.51. The van der Waals surface area contributed by atoms with E-state index in [4.69, 9.17) is 15.5 Å². The second kappa shape index (κ2) is 6.13. The van der Waals surface area contributed by atoms with E-state index in [2.05, 4.69) is 0 Å². The summed E-state index contributed by atoms with van der Waals surface area (Å²) in [5.74, 6) is -5.65. The van der Waals surface area contributed by atoms with Gasteiger partial charge in [0.1, 0.15) is 0 Å². The van der Waals surface area contributed by atoms with E-state index in [9.17, 15) is 19.5 Å². The topological polar surface area (TPSA) is 156 Å². The molecule has 0 aliphatic carbocycles. The third-order valence-corrected chi connectivity index (χ3v) is 2.34. The van der Waals surface area contributed by atoms with Crippen LogP contribution in [0.5, 0.6) is 0 Å². The predicted molar refractivity (Wildman–Crippen MR) is 50.8 cm³/mol. The van der Waals surface area contributed by atoms with Gasteiger partial charge in [-0.3, -0.25) is 20.0 Å². The molecule has 17 heavy (non-hydrogen) atoms. The molecule has 98 valence electrons. The SMILES string of the molecule is CCC(C(=O)NO)C(O)(CC(=O)NO)C(=O)O. The first-order valence-electron chi connectivity index (χ1n) is 4.66. The van der Waals surface area contributed by atoms with Gasteiger partial charge in [0.15, 0.2) is 5.60 Å². The highest BCUT2D eigenvalue weighted by Crippen LogP contribution is 2.25. The Bertz CT molecular complexity index is 319. The molecule has 0 saturated carbocycles. The molecule has 0 spiro atoms. The molecule has 2 atom stereocenters. The second-order valence-electron chi connectivity index (χ2n) is 3.38. The van der Waals surface area contributed by atoms with E-state index in [0.29, 0.717) is 0 Å². The van der Waals surface area contributed by atoms with E-state index in [-0.39, 0.29) is 6.42 Å². The van der Waals surface area contributed by atoms with Crippen LogP contribution in [0.1, 0.15) is 19.8 Å². The zero-order valence-corrected chi connectivity index (χ0v) is 9.01. The average molecular weight is 250 g/mol. The fourth-order valence-electron chi connectivity index (χ4n) is 1.45. The van der Waals surface area contributed by atoms with Gasteiger partial charge >= 0.3 is 5.97 Å². The largest absolute Gasteiger partial charge is 0.479 e. The number of carboxylic acids is 1. The standard InChI is InChI=1S/C8H14N2O7/c1-2-4(6(12)10-17)8(15,7(13)14)3-5(11)9-16/h4,15-17H,2-3H2,1H3,(H,9,11)(H,10,12)(H,13,14). The Morgan fingerprint density at radius 2 is 1.76 bits per heavy atom. The van der Waals surface area contributed by atoms with Gasteiger partial charge in [-0.05, 0) is 6.42 Å². The maximum atomic E-state index is 11.2. The maximum absolute atomic E-state index is 11.2. The molecule has 0 aromatic carbocycles. The second-order valence-corrected chi connectivity index (χ2v) is 3.38. The van der Waals surface area contributed by atoms with E-state index >= 15 is 0 Å². The van der Waals surface area contributed by atoms with Crippen LogP contribution < -0.4 is 11.0 Å². The van der Waals surface area contributed by atoms with E-state index in [0.717, 1.165) is 5.48 Å². The Labute approximate surface area is 96.0 Å². The number of aliphatic hydroxyl groups is 1. The number of carbonyl (C=O) groups excluding carboxylic acids is 2. The molecule has 2 amide bonds. The van der Waals surface area contributed by atoms with Crippen LogP contribution in [0.3, 0.4) is 0 Å². The van der Waals surface area contributed by atoms with Crippen molar-refractivity contribution in [2.45, 2.75) is 25.4 Å². The van der Waals surface area contributed by atoms with Crippen LogP contribution in [0.15, 0.2) is 0 Å². The Morgan fingerprint density at radius 3 is 2.06 bits per heavy atom. The minimum absolute atomic E-state index is 0.131. The van der Waals surface area contributed by atoms with Crippen LogP contribution in [0.4, 0.5) is 0 Å². The molecule has 0 aromatic heterocycles. The number of hydrogen-bond acceptors (Lipinski definition) is 6. The Morgan fingerprint density at radius 1 is 1.24 bits per heavy atom. The highest BCUT2D eigenvalue weighted by atomic mass is 16.5. The first-order chi connectivity index (χ1) is 7.83. The van der Waals surface area contributed by atoms with Crippen LogP contribution >= 0.6 is 0 Å². The molecular weight excluding hydrogens is 236 g/mol. The summed E-state index contributed by atoms with van der Waals surface area (Å²) < 4.78 is 0. The van der Waals surface area contributed by atoms with Gasteiger partial charge in [-0.1, -0.05) is 6.92 Å². The maximum Gasteiger partial charge on any atom is 0.337 e. The number of carboxylic acid groups (broad SMARTS) is 1. The molecule has 6 N–H and O–H groups in total. The first-order valence-corrected chi connectivity index (χ1v) is 4.66. The lowest BCUT2D eigenvalue weighted by Crippen LogP contribution is -2.53. The monoisotopic (exact) mass is 250 g/mol. The van der Waals surface area contributed by atoms with Crippen molar-refractivity contribution in [3.63, 3.8) is 0 Å². The molecule has 0 heterocycles. The normalized spacial score (nSPS) is 15.5. The van der Waals surface area contributed by atoms with Gasteiger partial charge < -0.3 is 10.2 Å². The van der Waals surface area contributed by atoms with E-state index in [1.165, 1.54) is 12.4 Å². The molecule has 0 bridgehead atoms. The zero-order valence-electron chi connectivity index (χ0n) is 9.01. The smallest absolute Gasteiger partial charge is 0.337 e. The van der Waals surface area contributed by atoms with Gasteiger partial charge in [0.2, 0.25) is 11.8 Å². The summed E-state index contributed by atoms with van der Waals surface area (Å²) in [5, 5.41) is 35.4. The van der Waals surface area contributed by atoms with Crippen molar-refractivity contribution < 1.29 is 35.0 Å². The fourth-order valence-corrected chi connectivity index (χ4v) is 1.45. The number of hydrogen-bond donors (Lipinski definition) is 6. The number of nitrogens with one attached hydrogen (secondary N) is 2. The van der Waals surface area contributed by atoms with Gasteiger partial charge in [-0.2, -0.15) is 0 Å². The molecule has 9 nitrogen and oxygen atoms in total. The van der Waals surface area contributed by atoms with Crippen molar-refractivity contribution in [2.24, 2.45) is 5.92 Å². The minimum atomic E-state index is -2.71.